The number of rotatable bonds is 11. The summed E-state index contributed by atoms with van der Waals surface area (Å²) in [5.41, 5.74) is -0.724. The number of alkyl carbamates (subject to hydrolysis) is 1. The first-order valence-electron chi connectivity index (χ1n) is 8.51. The number of nitrogens with zero attached hydrogens (tertiary/aromatic N) is 3. The van der Waals surface area contributed by atoms with Gasteiger partial charge in [0.15, 0.2) is 12.0 Å². The lowest BCUT2D eigenvalue weighted by Gasteiger charge is -2.27. The lowest BCUT2D eigenvalue weighted by Crippen LogP contribution is -2.51. The minimum absolute atomic E-state index is 0.0627. The van der Waals surface area contributed by atoms with E-state index in [-0.39, 0.29) is 25.5 Å². The summed E-state index contributed by atoms with van der Waals surface area (Å²) < 4.78 is 15.1. The highest BCUT2D eigenvalue weighted by Crippen LogP contribution is 2.15. The Balaban J connectivity index is 1.74. The molecule has 0 aliphatic rings. The first-order chi connectivity index (χ1) is 13.6. The highest BCUT2D eigenvalue weighted by Gasteiger charge is 2.31. The smallest absolute Gasteiger partial charge is 0.410 e. The molecule has 2 N–H and O–H groups in total. The van der Waals surface area contributed by atoms with E-state index < -0.39 is 17.8 Å². The molecule has 0 aliphatic carbocycles. The minimum Gasteiger partial charge on any atom is -0.445 e. The summed E-state index contributed by atoms with van der Waals surface area (Å²) in [6, 6.07) is 8.96. The van der Waals surface area contributed by atoms with Gasteiger partial charge >= 0.3 is 18.1 Å². The number of esters is 1. The van der Waals surface area contributed by atoms with Crippen molar-refractivity contribution in [1.29, 1.82) is 0 Å². The number of amides is 1. The van der Waals surface area contributed by atoms with Gasteiger partial charge in [-0.1, -0.05) is 40.5 Å². The van der Waals surface area contributed by atoms with Gasteiger partial charge in [-0.15, -0.1) is 0 Å². The van der Waals surface area contributed by atoms with Crippen molar-refractivity contribution in [2.75, 3.05) is 7.11 Å². The quantitative estimate of drug-likeness (QED) is 0.249. The Bertz CT molecular complexity index is 755. The molecule has 0 saturated carbocycles. The number of aromatic amines is 1. The Labute approximate surface area is 160 Å². The molecule has 2 rings (SSSR count). The number of H-pyrrole nitrogens is 1. The Morgan fingerprint density at radius 3 is 2.68 bits per heavy atom. The first-order valence-corrected chi connectivity index (χ1v) is 8.51. The zero-order valence-corrected chi connectivity index (χ0v) is 15.3. The van der Waals surface area contributed by atoms with Gasteiger partial charge in [-0.25, -0.2) is 4.79 Å². The van der Waals surface area contributed by atoms with Crippen LogP contribution in [0.25, 0.3) is 0 Å². The summed E-state index contributed by atoms with van der Waals surface area (Å²) in [4.78, 5) is 35.1. The molecule has 0 aliphatic heterocycles. The highest BCUT2D eigenvalue weighted by atomic mass is 16.6. The number of benzene rings is 1. The van der Waals surface area contributed by atoms with Crippen molar-refractivity contribution in [2.24, 2.45) is 0 Å². The van der Waals surface area contributed by atoms with Crippen LogP contribution in [0, 0.1) is 0 Å². The number of hydrogen-bond donors (Lipinski definition) is 2. The van der Waals surface area contributed by atoms with Crippen LogP contribution < -0.4 is 10.1 Å². The summed E-state index contributed by atoms with van der Waals surface area (Å²) in [6.07, 6.45) is 0.751. The van der Waals surface area contributed by atoms with E-state index in [9.17, 15) is 14.4 Å². The second kappa shape index (κ2) is 10.7. The topological polar surface area (TPSA) is 145 Å². The number of ether oxygens (including phenoxy) is 3. The van der Waals surface area contributed by atoms with Crippen LogP contribution in [0.1, 0.15) is 31.2 Å². The molecule has 0 radical (unpaired) electrons. The molecule has 0 saturated heterocycles. The van der Waals surface area contributed by atoms with Crippen LogP contribution in [-0.2, 0) is 25.7 Å². The molecule has 1 heterocycles. The molecule has 1 aromatic carbocycles. The molecule has 11 nitrogen and oxygen atoms in total. The van der Waals surface area contributed by atoms with Crippen molar-refractivity contribution in [2.45, 2.75) is 38.0 Å². The van der Waals surface area contributed by atoms with E-state index >= 15 is 0 Å². The monoisotopic (exact) mass is 391 g/mol. The number of aldehydes is 1. The van der Waals surface area contributed by atoms with Gasteiger partial charge in [-0.3, -0.25) is 14.9 Å². The third kappa shape index (κ3) is 6.76. The lowest BCUT2D eigenvalue weighted by molar-refractivity contribution is -0.135. The maximum atomic E-state index is 12.0. The normalized spacial score (nSPS) is 12.6. The fourth-order valence-electron chi connectivity index (χ4n) is 2.29. The van der Waals surface area contributed by atoms with Crippen molar-refractivity contribution < 1.29 is 28.6 Å². The Kier molecular flexibility index (Phi) is 8.03. The molecular formula is C17H21N5O6. The van der Waals surface area contributed by atoms with Gasteiger partial charge in [-0.2, -0.15) is 5.21 Å². The molecule has 1 amide bonds. The van der Waals surface area contributed by atoms with E-state index in [1.54, 1.807) is 0 Å². The number of hydrogen-bond acceptors (Lipinski definition) is 9. The maximum Gasteiger partial charge on any atom is 0.410 e. The number of tetrazole rings is 1. The van der Waals surface area contributed by atoms with Crippen molar-refractivity contribution in [1.82, 2.24) is 25.9 Å². The van der Waals surface area contributed by atoms with E-state index in [1.807, 2.05) is 30.3 Å². The van der Waals surface area contributed by atoms with Crippen molar-refractivity contribution in [3.63, 3.8) is 0 Å². The Hall–Kier alpha value is -3.34. The van der Waals surface area contributed by atoms with Crippen LogP contribution in [0.3, 0.4) is 0 Å². The summed E-state index contributed by atoms with van der Waals surface area (Å²) in [6.45, 7) is 0.0627. The lowest BCUT2D eigenvalue weighted by atomic mass is 10.1. The van der Waals surface area contributed by atoms with E-state index in [4.69, 9.17) is 14.2 Å². The van der Waals surface area contributed by atoms with Crippen LogP contribution in [0.2, 0.25) is 0 Å². The van der Waals surface area contributed by atoms with E-state index in [0.29, 0.717) is 19.1 Å². The number of carbonyl (C=O) groups is 3. The molecule has 28 heavy (non-hydrogen) atoms. The minimum atomic E-state index is -1.54. The largest absolute Gasteiger partial charge is 0.445 e. The number of aromatic nitrogens is 4. The number of carbonyl (C=O) groups excluding carboxylic acids is 3. The van der Waals surface area contributed by atoms with E-state index in [1.165, 1.54) is 7.11 Å². The zero-order chi connectivity index (χ0) is 20.2. The van der Waals surface area contributed by atoms with Crippen LogP contribution in [0.15, 0.2) is 30.3 Å². The molecule has 1 atom stereocenters. The third-order valence-electron chi connectivity index (χ3n) is 3.79. The number of unbranched alkanes of at least 4 members (excludes halogenated alkanes) is 1. The summed E-state index contributed by atoms with van der Waals surface area (Å²) in [7, 11) is 1.30. The molecule has 150 valence electrons. The van der Waals surface area contributed by atoms with Crippen LogP contribution in [0.5, 0.6) is 6.01 Å². The summed E-state index contributed by atoms with van der Waals surface area (Å²) in [5, 5.41) is 14.9. The molecule has 0 spiro atoms. The van der Waals surface area contributed by atoms with Gasteiger partial charge in [0.1, 0.15) is 6.61 Å². The van der Waals surface area contributed by atoms with Gasteiger partial charge in [0.05, 0.1) is 0 Å². The first kappa shape index (κ1) is 21.0. The molecular weight excluding hydrogens is 370 g/mol. The molecule has 0 unspecified atom stereocenters. The molecule has 11 heteroatoms. The molecule has 1 aromatic heterocycles. The average molecular weight is 391 g/mol. The summed E-state index contributed by atoms with van der Waals surface area (Å²) in [5.74, 6) is -0.536. The third-order valence-corrected chi connectivity index (χ3v) is 3.79. The van der Waals surface area contributed by atoms with Gasteiger partial charge in [0.2, 0.25) is 0 Å². The Morgan fingerprint density at radius 1 is 1.25 bits per heavy atom. The molecule has 0 bridgehead atoms. The van der Waals surface area contributed by atoms with Crippen LogP contribution in [-0.4, -0.2) is 51.8 Å². The van der Waals surface area contributed by atoms with E-state index in [2.05, 4.69) is 25.9 Å². The number of methoxy groups -OCH3 is 1. The average Bonchev–Trinajstić information content (AvgIpc) is 3.22. The van der Waals surface area contributed by atoms with Crippen molar-refractivity contribution in [3.05, 3.63) is 35.9 Å². The predicted octanol–water partition coefficient (Wildman–Crippen LogP) is 1.13. The fraction of sp³-hybridized carbons (Fsp3) is 0.412. The van der Waals surface area contributed by atoms with E-state index in [0.717, 1.165) is 5.56 Å². The molecule has 2 aromatic rings. The maximum absolute atomic E-state index is 12.0. The number of nitrogens with one attached hydrogen (secondary N) is 2. The van der Waals surface area contributed by atoms with Crippen molar-refractivity contribution in [3.8, 4) is 6.01 Å². The second-order valence-electron chi connectivity index (χ2n) is 5.77. The van der Waals surface area contributed by atoms with Gasteiger partial charge < -0.3 is 14.2 Å². The zero-order valence-electron chi connectivity index (χ0n) is 15.3. The highest BCUT2D eigenvalue weighted by molar-refractivity contribution is 5.75. The van der Waals surface area contributed by atoms with Gasteiger partial charge in [-0.05, 0) is 23.6 Å². The predicted molar refractivity (Wildman–Crippen MR) is 93.8 cm³/mol. The van der Waals surface area contributed by atoms with Gasteiger partial charge in [0.25, 0.3) is 0 Å². The second-order valence-corrected chi connectivity index (χ2v) is 5.77. The Morgan fingerprint density at radius 2 is 2.04 bits per heavy atom. The van der Waals surface area contributed by atoms with Crippen LogP contribution >= 0.6 is 0 Å². The summed E-state index contributed by atoms with van der Waals surface area (Å²) >= 11 is 0. The molecule has 0 fully saturated rings. The van der Waals surface area contributed by atoms with Crippen molar-refractivity contribution >= 4 is 18.3 Å². The fourth-order valence-corrected chi connectivity index (χ4v) is 2.29. The van der Waals surface area contributed by atoms with Crippen LogP contribution in [0.4, 0.5) is 4.79 Å². The standard InChI is InChI=1S/C17H21N5O6/c1-26-17(12-23,18-16(25)27-11-13-7-3-2-4-8-13)10-6-5-9-14(24)28-15-19-21-22-20-15/h2-4,7-8,12H,5-6,9-11H2,1H3,(H,18,25)(H,19,20,21,22)/t17-/m0/s1. The SMILES string of the molecule is CO[C@](C=O)(CCCCC(=O)Oc1nn[nH]n1)NC(=O)OCc1ccccc1. The van der Waals surface area contributed by atoms with Gasteiger partial charge in [0, 0.05) is 20.0 Å².